The van der Waals surface area contributed by atoms with E-state index < -0.39 is 0 Å². The van der Waals surface area contributed by atoms with Gasteiger partial charge in [-0.15, -0.1) is 0 Å². The Labute approximate surface area is 114 Å². The lowest BCUT2D eigenvalue weighted by molar-refractivity contribution is 0.102. The summed E-state index contributed by atoms with van der Waals surface area (Å²) in [4.78, 5) is 20.6. The van der Waals surface area contributed by atoms with Crippen LogP contribution in [0.3, 0.4) is 0 Å². The highest BCUT2D eigenvalue weighted by Gasteiger charge is 2.09. The maximum absolute atomic E-state index is 11.9. The molecular formula is C13H11N3O2S. The van der Waals surface area contributed by atoms with Crippen molar-refractivity contribution in [3.8, 4) is 11.8 Å². The zero-order valence-corrected chi connectivity index (χ0v) is 11.0. The lowest BCUT2D eigenvalue weighted by atomic mass is 10.2. The van der Waals surface area contributed by atoms with Gasteiger partial charge in [-0.3, -0.25) is 15.1 Å². The van der Waals surface area contributed by atoms with Crippen LogP contribution in [0.1, 0.15) is 20.8 Å². The third kappa shape index (κ3) is 3.61. The largest absolute Gasteiger partial charge is 0.384 e. The van der Waals surface area contributed by atoms with Gasteiger partial charge in [0, 0.05) is 12.4 Å². The van der Waals surface area contributed by atoms with Gasteiger partial charge in [0.15, 0.2) is 5.13 Å². The van der Waals surface area contributed by atoms with E-state index in [0.29, 0.717) is 15.6 Å². The molecule has 2 aromatic rings. The number of carbonyl (C=O) groups is 1. The number of carbonyl (C=O) groups excluding carboxylic acids is 1. The van der Waals surface area contributed by atoms with Gasteiger partial charge in [-0.05, 0) is 18.6 Å². The van der Waals surface area contributed by atoms with Gasteiger partial charge in [-0.2, -0.15) is 0 Å². The molecule has 0 atom stereocenters. The molecular weight excluding hydrogens is 262 g/mol. The number of hydrogen-bond acceptors (Lipinski definition) is 5. The van der Waals surface area contributed by atoms with Crippen LogP contribution in [0.5, 0.6) is 0 Å². The topological polar surface area (TPSA) is 75.1 Å². The van der Waals surface area contributed by atoms with Crippen LogP contribution in [-0.4, -0.2) is 27.6 Å². The lowest BCUT2D eigenvalue weighted by Crippen LogP contribution is -2.12. The Morgan fingerprint density at radius 1 is 1.47 bits per heavy atom. The van der Waals surface area contributed by atoms with Gasteiger partial charge in [-0.25, -0.2) is 4.98 Å². The van der Waals surface area contributed by atoms with E-state index in [2.05, 4.69) is 27.1 Å². The molecule has 96 valence electrons. The number of aryl methyl sites for hydroxylation is 1. The number of thiazole rings is 1. The number of rotatable bonds is 2. The fourth-order valence-corrected chi connectivity index (χ4v) is 2.05. The quantitative estimate of drug-likeness (QED) is 0.812. The van der Waals surface area contributed by atoms with Crippen LogP contribution in [0.2, 0.25) is 0 Å². The van der Waals surface area contributed by atoms with Crippen molar-refractivity contribution in [3.05, 3.63) is 40.7 Å². The second kappa shape index (κ2) is 6.09. The molecule has 0 aliphatic rings. The number of aromatic nitrogens is 2. The molecule has 0 bridgehead atoms. The standard InChI is InChI=1S/C13H11N3O2S/c1-9-5-10(7-14-6-9)12(18)16-13-15-8-11(19-13)3-2-4-17/h5-8,17H,4H2,1H3,(H,15,16,18). The van der Waals surface area contributed by atoms with E-state index >= 15 is 0 Å². The predicted octanol–water partition coefficient (Wildman–Crippen LogP) is 1.44. The molecule has 0 aliphatic carbocycles. The number of hydrogen-bond donors (Lipinski definition) is 2. The van der Waals surface area contributed by atoms with Crippen molar-refractivity contribution in [2.75, 3.05) is 11.9 Å². The summed E-state index contributed by atoms with van der Waals surface area (Å²) in [6.45, 7) is 1.67. The van der Waals surface area contributed by atoms with Gasteiger partial charge < -0.3 is 5.11 Å². The number of anilines is 1. The van der Waals surface area contributed by atoms with Gasteiger partial charge in [0.2, 0.25) is 0 Å². The van der Waals surface area contributed by atoms with E-state index in [1.165, 1.54) is 17.5 Å². The first-order chi connectivity index (χ1) is 9.19. The van der Waals surface area contributed by atoms with Crippen molar-refractivity contribution in [1.29, 1.82) is 0 Å². The van der Waals surface area contributed by atoms with Crippen molar-refractivity contribution >= 4 is 22.4 Å². The number of aliphatic hydroxyl groups excluding tert-OH is 1. The Kier molecular flexibility index (Phi) is 4.23. The van der Waals surface area contributed by atoms with Crippen LogP contribution in [0, 0.1) is 18.8 Å². The summed E-state index contributed by atoms with van der Waals surface area (Å²) in [5.41, 5.74) is 1.40. The number of pyridine rings is 1. The lowest BCUT2D eigenvalue weighted by Gasteiger charge is -2.01. The Balaban J connectivity index is 2.09. The summed E-state index contributed by atoms with van der Waals surface area (Å²) in [7, 11) is 0. The van der Waals surface area contributed by atoms with Gasteiger partial charge in [0.1, 0.15) is 6.61 Å². The summed E-state index contributed by atoms with van der Waals surface area (Å²) in [5, 5.41) is 11.7. The van der Waals surface area contributed by atoms with Crippen LogP contribution in [0.25, 0.3) is 0 Å². The van der Waals surface area contributed by atoms with E-state index in [4.69, 9.17) is 5.11 Å². The molecule has 2 aromatic heterocycles. The van der Waals surface area contributed by atoms with Crippen LogP contribution < -0.4 is 5.32 Å². The van der Waals surface area contributed by atoms with Gasteiger partial charge in [-0.1, -0.05) is 23.2 Å². The van der Waals surface area contributed by atoms with Crippen LogP contribution in [-0.2, 0) is 0 Å². The predicted molar refractivity (Wildman–Crippen MR) is 73.0 cm³/mol. The molecule has 0 unspecified atom stereocenters. The first-order valence-electron chi connectivity index (χ1n) is 5.47. The molecule has 0 spiro atoms. The van der Waals surface area contributed by atoms with Crippen molar-refractivity contribution in [2.24, 2.45) is 0 Å². The molecule has 2 heterocycles. The Morgan fingerprint density at radius 3 is 3.05 bits per heavy atom. The molecule has 2 rings (SSSR count). The third-order valence-corrected chi connectivity index (χ3v) is 2.98. The fraction of sp³-hybridized carbons (Fsp3) is 0.154. The van der Waals surface area contributed by atoms with Crippen LogP contribution in [0.4, 0.5) is 5.13 Å². The van der Waals surface area contributed by atoms with Crippen LogP contribution >= 0.6 is 11.3 Å². The molecule has 0 saturated carbocycles. The summed E-state index contributed by atoms with van der Waals surface area (Å²) in [6, 6.07) is 1.75. The van der Waals surface area contributed by atoms with Crippen molar-refractivity contribution in [1.82, 2.24) is 9.97 Å². The van der Waals surface area contributed by atoms with E-state index in [-0.39, 0.29) is 12.5 Å². The number of amides is 1. The summed E-state index contributed by atoms with van der Waals surface area (Å²) < 4.78 is 0. The second-order valence-electron chi connectivity index (χ2n) is 3.69. The average molecular weight is 273 g/mol. The summed E-state index contributed by atoms with van der Waals surface area (Å²) in [6.07, 6.45) is 4.74. The van der Waals surface area contributed by atoms with Crippen molar-refractivity contribution < 1.29 is 9.90 Å². The minimum absolute atomic E-state index is 0.200. The zero-order chi connectivity index (χ0) is 13.7. The molecule has 0 saturated heterocycles. The number of nitrogens with one attached hydrogen (secondary N) is 1. The van der Waals surface area contributed by atoms with E-state index in [1.54, 1.807) is 18.5 Å². The van der Waals surface area contributed by atoms with Crippen molar-refractivity contribution in [2.45, 2.75) is 6.92 Å². The molecule has 6 heteroatoms. The summed E-state index contributed by atoms with van der Waals surface area (Å²) >= 11 is 1.25. The maximum Gasteiger partial charge on any atom is 0.259 e. The highest BCUT2D eigenvalue weighted by Crippen LogP contribution is 2.17. The van der Waals surface area contributed by atoms with E-state index in [9.17, 15) is 4.79 Å². The smallest absolute Gasteiger partial charge is 0.259 e. The molecule has 0 aliphatic heterocycles. The number of nitrogens with zero attached hydrogens (tertiary/aromatic N) is 2. The SMILES string of the molecule is Cc1cncc(C(=O)Nc2ncc(C#CCO)s2)c1. The first-order valence-corrected chi connectivity index (χ1v) is 6.29. The molecule has 19 heavy (non-hydrogen) atoms. The number of aliphatic hydroxyl groups is 1. The Hall–Kier alpha value is -2.23. The van der Waals surface area contributed by atoms with Gasteiger partial charge in [0.25, 0.3) is 5.91 Å². The highest BCUT2D eigenvalue weighted by molar-refractivity contribution is 7.16. The molecule has 0 radical (unpaired) electrons. The molecule has 0 fully saturated rings. The molecule has 1 amide bonds. The Bertz CT molecular complexity index is 655. The second-order valence-corrected chi connectivity index (χ2v) is 4.73. The minimum Gasteiger partial charge on any atom is -0.384 e. The van der Waals surface area contributed by atoms with Gasteiger partial charge in [0.05, 0.1) is 16.6 Å². The molecule has 5 nitrogen and oxygen atoms in total. The summed E-state index contributed by atoms with van der Waals surface area (Å²) in [5.74, 6) is 5.00. The highest BCUT2D eigenvalue weighted by atomic mass is 32.1. The monoisotopic (exact) mass is 273 g/mol. The fourth-order valence-electron chi connectivity index (χ4n) is 1.36. The average Bonchev–Trinajstić information content (AvgIpc) is 2.84. The Morgan fingerprint density at radius 2 is 2.32 bits per heavy atom. The van der Waals surface area contributed by atoms with E-state index in [1.807, 2.05) is 6.92 Å². The van der Waals surface area contributed by atoms with E-state index in [0.717, 1.165) is 5.56 Å². The maximum atomic E-state index is 11.9. The van der Waals surface area contributed by atoms with Gasteiger partial charge >= 0.3 is 0 Å². The van der Waals surface area contributed by atoms with Crippen molar-refractivity contribution in [3.63, 3.8) is 0 Å². The molecule has 2 N–H and O–H groups in total. The molecule has 0 aromatic carbocycles. The normalized spacial score (nSPS) is 9.58. The third-order valence-electron chi connectivity index (χ3n) is 2.15. The first kappa shape index (κ1) is 13.2. The zero-order valence-electron chi connectivity index (χ0n) is 10.2. The minimum atomic E-state index is -0.257. The van der Waals surface area contributed by atoms with Crippen LogP contribution in [0.15, 0.2) is 24.7 Å².